The molecule has 62 valence electrons. The molecule has 0 aromatic rings. The van der Waals surface area contributed by atoms with Gasteiger partial charge in [-0.3, -0.25) is 0 Å². The lowest BCUT2D eigenvalue weighted by atomic mass is 9.76. The van der Waals surface area contributed by atoms with Crippen LogP contribution in [-0.4, -0.2) is 10.2 Å². The van der Waals surface area contributed by atoms with Crippen LogP contribution in [0.5, 0.6) is 0 Å². The normalized spacial score (nSPS) is 49.4. The Kier molecular flexibility index (Phi) is 1.39. The van der Waals surface area contributed by atoms with Crippen LogP contribution in [0, 0.1) is 17.3 Å². The third-order valence-electron chi connectivity index (χ3n) is 4.46. The van der Waals surface area contributed by atoms with Crippen molar-refractivity contribution in [3.63, 3.8) is 0 Å². The van der Waals surface area contributed by atoms with E-state index in [4.69, 9.17) is 0 Å². The molecule has 0 amide bonds. The molecule has 1 fully saturated rings. The summed E-state index contributed by atoms with van der Waals surface area (Å²) in [5.74, 6) is 1.95. The Hall–Kier alpha value is -0.0431. The quantitative estimate of drug-likeness (QED) is 0.480. The Bertz CT molecular complexity index is 229. The van der Waals surface area contributed by atoms with E-state index >= 15 is 0 Å². The summed E-state index contributed by atoms with van der Waals surface area (Å²) < 4.78 is 0. The van der Waals surface area contributed by atoms with Gasteiger partial charge in [0.25, 0.3) is 0 Å². The second-order valence-electron chi connectivity index (χ2n) is 4.76. The molecule has 11 heavy (non-hydrogen) atoms. The van der Waals surface area contributed by atoms with Crippen LogP contribution in [0.25, 0.3) is 0 Å². The molecule has 0 aliphatic heterocycles. The van der Waals surface area contributed by atoms with Gasteiger partial charge in [-0.15, -0.1) is 0 Å². The van der Waals surface area contributed by atoms with E-state index in [9.17, 15) is 0 Å². The summed E-state index contributed by atoms with van der Waals surface area (Å²) >= 11 is 0. The molecule has 2 rings (SSSR count). The minimum atomic E-state index is 0.613. The lowest BCUT2D eigenvalue weighted by molar-refractivity contribution is 0.310. The van der Waals surface area contributed by atoms with Crippen molar-refractivity contribution in [2.45, 2.75) is 33.6 Å². The molecule has 0 aromatic heterocycles. The summed E-state index contributed by atoms with van der Waals surface area (Å²) in [5.41, 5.74) is 2.37. The maximum absolute atomic E-state index is 2.47. The summed E-state index contributed by atoms with van der Waals surface area (Å²) in [4.78, 5) is 0. The van der Waals surface area contributed by atoms with Gasteiger partial charge in [0.2, 0.25) is 0 Å². The van der Waals surface area contributed by atoms with Gasteiger partial charge < -0.3 is 0 Å². The SMILES string of the molecule is CC1=C([SiH3])C2CC(C)C1(C)C2. The van der Waals surface area contributed by atoms with Gasteiger partial charge in [0.15, 0.2) is 0 Å². The Balaban J connectivity index is 2.45. The number of rotatable bonds is 0. The van der Waals surface area contributed by atoms with Crippen LogP contribution >= 0.6 is 0 Å². The highest BCUT2D eigenvalue weighted by Crippen LogP contribution is 2.58. The molecule has 0 radical (unpaired) electrons. The maximum Gasteiger partial charge on any atom is 0.0336 e. The molecule has 2 bridgehead atoms. The van der Waals surface area contributed by atoms with Gasteiger partial charge in [-0.05, 0) is 37.0 Å². The van der Waals surface area contributed by atoms with E-state index in [1.807, 2.05) is 5.20 Å². The number of allylic oxidation sites excluding steroid dienone is 2. The largest absolute Gasteiger partial charge is 0.0892 e. The van der Waals surface area contributed by atoms with Gasteiger partial charge in [0.05, 0.1) is 0 Å². The standard InChI is InChI=1S/C10H18Si/c1-6-4-8-5-10(6,3)7(2)9(8)11/h6,8H,4-5H2,1-3,11H3. The third kappa shape index (κ3) is 0.752. The summed E-state index contributed by atoms with van der Waals surface area (Å²) in [6.45, 7) is 7.27. The molecular weight excluding hydrogens is 148 g/mol. The second-order valence-corrected chi connectivity index (χ2v) is 5.84. The Morgan fingerprint density at radius 3 is 2.55 bits per heavy atom. The van der Waals surface area contributed by atoms with Crippen LogP contribution in [0.2, 0.25) is 0 Å². The highest BCUT2D eigenvalue weighted by molar-refractivity contribution is 6.22. The first-order valence-corrected chi connectivity index (χ1v) is 5.73. The van der Waals surface area contributed by atoms with Crippen LogP contribution in [0.3, 0.4) is 0 Å². The minimum absolute atomic E-state index is 0.613. The van der Waals surface area contributed by atoms with Gasteiger partial charge in [-0.2, -0.15) is 0 Å². The molecule has 1 heteroatoms. The first kappa shape index (κ1) is 7.60. The van der Waals surface area contributed by atoms with E-state index < -0.39 is 0 Å². The molecule has 0 spiro atoms. The van der Waals surface area contributed by atoms with Crippen LogP contribution in [0.15, 0.2) is 10.8 Å². The van der Waals surface area contributed by atoms with Crippen LogP contribution in [0.4, 0.5) is 0 Å². The van der Waals surface area contributed by atoms with Crippen LogP contribution < -0.4 is 0 Å². The number of fused-ring (bicyclic) bond motifs is 2. The van der Waals surface area contributed by atoms with Gasteiger partial charge in [0.1, 0.15) is 0 Å². The van der Waals surface area contributed by atoms with Gasteiger partial charge in [-0.1, -0.05) is 24.6 Å². The van der Waals surface area contributed by atoms with Crippen LogP contribution in [0.1, 0.15) is 33.6 Å². The van der Waals surface area contributed by atoms with Crippen molar-refractivity contribution in [2.24, 2.45) is 17.3 Å². The molecule has 3 unspecified atom stereocenters. The van der Waals surface area contributed by atoms with E-state index in [1.165, 1.54) is 23.1 Å². The van der Waals surface area contributed by atoms with Gasteiger partial charge in [0, 0.05) is 10.2 Å². The molecule has 0 nitrogen and oxygen atoms in total. The average molecular weight is 166 g/mol. The molecule has 2 aliphatic rings. The first-order chi connectivity index (χ1) is 5.05. The van der Waals surface area contributed by atoms with Crippen molar-refractivity contribution in [1.29, 1.82) is 0 Å². The van der Waals surface area contributed by atoms with Crippen LogP contribution in [-0.2, 0) is 0 Å². The summed E-state index contributed by atoms with van der Waals surface area (Å²) in [5, 5.41) is 1.84. The fourth-order valence-corrected chi connectivity index (χ4v) is 4.10. The number of hydrogen-bond acceptors (Lipinski definition) is 0. The fourth-order valence-electron chi connectivity index (χ4n) is 3.09. The van der Waals surface area contributed by atoms with Crippen molar-refractivity contribution < 1.29 is 0 Å². The molecule has 3 atom stereocenters. The molecule has 0 heterocycles. The van der Waals surface area contributed by atoms with Crippen molar-refractivity contribution in [3.05, 3.63) is 10.8 Å². The molecule has 1 saturated carbocycles. The molecule has 0 aromatic carbocycles. The second kappa shape index (κ2) is 2.01. The van der Waals surface area contributed by atoms with Crippen molar-refractivity contribution in [2.75, 3.05) is 0 Å². The van der Waals surface area contributed by atoms with E-state index in [0.717, 1.165) is 11.8 Å². The van der Waals surface area contributed by atoms with E-state index in [-0.39, 0.29) is 0 Å². The van der Waals surface area contributed by atoms with E-state index in [2.05, 4.69) is 20.8 Å². The predicted octanol–water partition coefficient (Wildman–Crippen LogP) is 1.69. The Labute approximate surface area is 72.5 Å². The van der Waals surface area contributed by atoms with Gasteiger partial charge >= 0.3 is 0 Å². The van der Waals surface area contributed by atoms with Crippen molar-refractivity contribution in [3.8, 4) is 0 Å². The summed E-state index contributed by atoms with van der Waals surface area (Å²) in [6.07, 6.45) is 2.95. The van der Waals surface area contributed by atoms with Crippen molar-refractivity contribution in [1.82, 2.24) is 0 Å². The molecule has 2 aliphatic carbocycles. The van der Waals surface area contributed by atoms with E-state index in [1.54, 1.807) is 5.57 Å². The fraction of sp³-hybridized carbons (Fsp3) is 0.800. The molecule has 0 N–H and O–H groups in total. The maximum atomic E-state index is 2.47. The zero-order valence-electron chi connectivity index (χ0n) is 8.07. The Morgan fingerprint density at radius 1 is 1.55 bits per heavy atom. The Morgan fingerprint density at radius 2 is 2.18 bits per heavy atom. The lowest BCUT2D eigenvalue weighted by Gasteiger charge is -2.31. The highest BCUT2D eigenvalue weighted by Gasteiger charge is 2.48. The lowest BCUT2D eigenvalue weighted by Crippen LogP contribution is -2.21. The average Bonchev–Trinajstić information content (AvgIpc) is 2.34. The predicted molar refractivity (Wildman–Crippen MR) is 52.6 cm³/mol. The molecule has 0 saturated heterocycles. The smallest absolute Gasteiger partial charge is 0.0336 e. The van der Waals surface area contributed by atoms with Crippen molar-refractivity contribution >= 4 is 10.2 Å². The van der Waals surface area contributed by atoms with E-state index in [0.29, 0.717) is 5.41 Å². The molecular formula is C10H18Si. The summed E-state index contributed by atoms with van der Waals surface area (Å²) in [6, 6.07) is 0. The topological polar surface area (TPSA) is 0 Å². The minimum Gasteiger partial charge on any atom is -0.0892 e. The number of hydrogen-bond donors (Lipinski definition) is 0. The zero-order chi connectivity index (χ0) is 8.22. The summed E-state index contributed by atoms with van der Waals surface area (Å²) in [7, 11) is 1.31. The third-order valence-corrected chi connectivity index (χ3v) is 6.02. The van der Waals surface area contributed by atoms with Gasteiger partial charge in [-0.25, -0.2) is 0 Å². The monoisotopic (exact) mass is 166 g/mol. The highest BCUT2D eigenvalue weighted by atomic mass is 28.1. The zero-order valence-corrected chi connectivity index (χ0v) is 10.1. The first-order valence-electron chi connectivity index (χ1n) is 4.73.